The zero-order valence-electron chi connectivity index (χ0n) is 17.0. The molecule has 0 atom stereocenters. The largest absolute Gasteiger partial charge is 0.352 e. The van der Waals surface area contributed by atoms with Gasteiger partial charge in [-0.25, -0.2) is 4.98 Å². The van der Waals surface area contributed by atoms with E-state index in [-0.39, 0.29) is 10.8 Å². The highest BCUT2D eigenvalue weighted by Crippen LogP contribution is 2.23. The summed E-state index contributed by atoms with van der Waals surface area (Å²) in [5.74, 6) is 0.459. The van der Waals surface area contributed by atoms with Gasteiger partial charge in [-0.3, -0.25) is 14.2 Å². The normalized spacial score (nSPS) is 10.7. The first-order valence-corrected chi connectivity index (χ1v) is 11.1. The Hall–Kier alpha value is -3.51. The molecular weight excluding hydrogens is 406 g/mol. The van der Waals surface area contributed by atoms with Gasteiger partial charge in [0.25, 0.3) is 5.91 Å². The molecule has 4 aromatic rings. The maximum Gasteiger partial charge on any atom is 0.313 e. The minimum Gasteiger partial charge on any atom is -0.352 e. The lowest BCUT2D eigenvalue weighted by Crippen LogP contribution is -2.24. The fourth-order valence-electron chi connectivity index (χ4n) is 3.43. The van der Waals surface area contributed by atoms with E-state index in [0.717, 1.165) is 41.9 Å². The van der Waals surface area contributed by atoms with Crippen molar-refractivity contribution in [3.8, 4) is 17.1 Å². The molecule has 5 nitrogen and oxygen atoms in total. The van der Waals surface area contributed by atoms with Gasteiger partial charge >= 0.3 is 4.87 Å². The number of nitrogens with zero attached hydrogens (tertiary/aromatic N) is 2. The van der Waals surface area contributed by atoms with E-state index in [1.165, 1.54) is 5.56 Å². The Morgan fingerprint density at radius 3 is 2.61 bits per heavy atom. The van der Waals surface area contributed by atoms with Gasteiger partial charge in [0.05, 0.1) is 5.69 Å². The van der Waals surface area contributed by atoms with E-state index in [1.807, 2.05) is 48.5 Å². The molecule has 2 heterocycles. The zero-order valence-corrected chi connectivity index (χ0v) is 17.8. The van der Waals surface area contributed by atoms with Crippen molar-refractivity contribution in [1.82, 2.24) is 14.9 Å². The maximum atomic E-state index is 12.6. The quantitative estimate of drug-likeness (QED) is 0.413. The number of hydrogen-bond acceptors (Lipinski definition) is 4. The van der Waals surface area contributed by atoms with E-state index in [0.29, 0.717) is 17.9 Å². The van der Waals surface area contributed by atoms with E-state index in [1.54, 1.807) is 28.3 Å². The Morgan fingerprint density at radius 1 is 0.968 bits per heavy atom. The number of carbonyl (C=O) groups is 1. The molecule has 0 bridgehead atoms. The molecule has 0 aliphatic heterocycles. The van der Waals surface area contributed by atoms with E-state index in [2.05, 4.69) is 22.4 Å². The third-order valence-corrected chi connectivity index (χ3v) is 5.74. The number of rotatable bonds is 8. The molecule has 0 radical (unpaired) electrons. The van der Waals surface area contributed by atoms with Crippen LogP contribution in [0.5, 0.6) is 0 Å². The molecule has 6 heteroatoms. The van der Waals surface area contributed by atoms with Crippen LogP contribution in [0.3, 0.4) is 0 Å². The van der Waals surface area contributed by atoms with Crippen LogP contribution in [-0.2, 0) is 6.42 Å². The van der Waals surface area contributed by atoms with Crippen LogP contribution in [0.15, 0.2) is 89.2 Å². The second kappa shape index (κ2) is 10.00. The summed E-state index contributed by atoms with van der Waals surface area (Å²) in [7, 11) is 0. The number of pyridine rings is 1. The number of thiazole rings is 1. The van der Waals surface area contributed by atoms with Crippen molar-refractivity contribution in [1.29, 1.82) is 0 Å². The van der Waals surface area contributed by atoms with Gasteiger partial charge < -0.3 is 5.32 Å². The van der Waals surface area contributed by atoms with Crippen LogP contribution in [0.4, 0.5) is 0 Å². The summed E-state index contributed by atoms with van der Waals surface area (Å²) < 4.78 is 1.57. The van der Waals surface area contributed by atoms with Gasteiger partial charge in [-0.05, 0) is 49.1 Å². The smallest absolute Gasteiger partial charge is 0.313 e. The molecule has 156 valence electrons. The SMILES string of the molecule is O=C(NCCCCc1ccccc1)c1cccc(-c2csc(=O)n2-c2ccccn2)c1. The number of aromatic nitrogens is 2. The summed E-state index contributed by atoms with van der Waals surface area (Å²) in [4.78, 5) is 29.2. The van der Waals surface area contributed by atoms with Crippen LogP contribution < -0.4 is 10.2 Å². The highest BCUT2D eigenvalue weighted by Gasteiger charge is 2.13. The van der Waals surface area contributed by atoms with Gasteiger partial charge in [0, 0.05) is 29.2 Å². The number of unbranched alkanes of at least 4 members (excludes halogenated alkanes) is 1. The molecule has 1 N–H and O–H groups in total. The van der Waals surface area contributed by atoms with Crippen LogP contribution in [-0.4, -0.2) is 22.0 Å². The molecule has 0 aliphatic rings. The fourth-order valence-corrected chi connectivity index (χ4v) is 4.18. The minimum absolute atomic E-state index is 0.108. The Bertz CT molecular complexity index is 1200. The third-order valence-electron chi connectivity index (χ3n) is 5.01. The number of hydrogen-bond donors (Lipinski definition) is 1. The van der Waals surface area contributed by atoms with Crippen LogP contribution in [0, 0.1) is 0 Å². The van der Waals surface area contributed by atoms with E-state index in [4.69, 9.17) is 0 Å². The van der Waals surface area contributed by atoms with Gasteiger partial charge in [-0.2, -0.15) is 0 Å². The van der Waals surface area contributed by atoms with Crippen molar-refractivity contribution in [3.05, 3.63) is 105 Å². The monoisotopic (exact) mass is 429 g/mol. The standard InChI is InChI=1S/C25H23N3O2S/c29-24(27-16-6-4-11-19-9-2-1-3-10-19)21-13-8-12-20(17-21)22-18-31-25(30)28(22)23-14-5-7-15-26-23/h1-3,5,7-10,12-15,17-18H,4,6,11,16H2,(H,27,29). The molecule has 0 aliphatic carbocycles. The summed E-state index contributed by atoms with van der Waals surface area (Å²) in [6.07, 6.45) is 4.61. The predicted octanol–water partition coefficient (Wildman–Crippen LogP) is 4.71. The highest BCUT2D eigenvalue weighted by molar-refractivity contribution is 7.07. The second-order valence-electron chi connectivity index (χ2n) is 7.19. The first kappa shape index (κ1) is 20.8. The van der Waals surface area contributed by atoms with Crippen LogP contribution in [0.1, 0.15) is 28.8 Å². The molecule has 0 spiro atoms. The molecule has 0 saturated heterocycles. The molecule has 0 saturated carbocycles. The molecule has 2 aromatic carbocycles. The third kappa shape index (κ3) is 5.16. The van der Waals surface area contributed by atoms with Gasteiger partial charge in [0.15, 0.2) is 0 Å². The Balaban J connectivity index is 1.41. The Labute approximate surface area is 185 Å². The predicted molar refractivity (Wildman–Crippen MR) is 125 cm³/mol. The number of nitrogens with one attached hydrogen (secondary N) is 1. The van der Waals surface area contributed by atoms with Crippen molar-refractivity contribution in [2.45, 2.75) is 19.3 Å². The highest BCUT2D eigenvalue weighted by atomic mass is 32.1. The van der Waals surface area contributed by atoms with Gasteiger partial charge in [0.1, 0.15) is 5.82 Å². The number of benzene rings is 2. The lowest BCUT2D eigenvalue weighted by Gasteiger charge is -2.09. The first-order chi connectivity index (χ1) is 15.2. The van der Waals surface area contributed by atoms with Gasteiger partial charge in [-0.15, -0.1) is 0 Å². The average molecular weight is 430 g/mol. The lowest BCUT2D eigenvalue weighted by molar-refractivity contribution is 0.0953. The molecule has 1 amide bonds. The molecule has 4 rings (SSSR count). The van der Waals surface area contributed by atoms with E-state index >= 15 is 0 Å². The summed E-state index contributed by atoms with van der Waals surface area (Å²) in [6.45, 7) is 0.632. The number of amides is 1. The number of aryl methyl sites for hydroxylation is 1. The fraction of sp³-hybridized carbons (Fsp3) is 0.160. The summed E-state index contributed by atoms with van der Waals surface area (Å²) in [5.41, 5.74) is 3.43. The van der Waals surface area contributed by atoms with Crippen molar-refractivity contribution < 1.29 is 4.79 Å². The zero-order chi connectivity index (χ0) is 21.5. The molecule has 2 aromatic heterocycles. The van der Waals surface area contributed by atoms with Gasteiger partial charge in [-0.1, -0.05) is 59.9 Å². The first-order valence-electron chi connectivity index (χ1n) is 10.3. The summed E-state index contributed by atoms with van der Waals surface area (Å²) in [5, 5.41) is 4.80. The topological polar surface area (TPSA) is 64.0 Å². The van der Waals surface area contributed by atoms with E-state index < -0.39 is 0 Å². The van der Waals surface area contributed by atoms with Crippen molar-refractivity contribution in [2.75, 3.05) is 6.54 Å². The molecule has 31 heavy (non-hydrogen) atoms. The summed E-state index contributed by atoms with van der Waals surface area (Å²) >= 11 is 1.12. The Kier molecular flexibility index (Phi) is 6.69. The minimum atomic E-state index is -0.109. The second-order valence-corrected chi connectivity index (χ2v) is 8.01. The number of carbonyl (C=O) groups excluding carboxylic acids is 1. The Morgan fingerprint density at radius 2 is 1.81 bits per heavy atom. The van der Waals surface area contributed by atoms with Crippen molar-refractivity contribution in [3.63, 3.8) is 0 Å². The van der Waals surface area contributed by atoms with Crippen molar-refractivity contribution >= 4 is 17.2 Å². The van der Waals surface area contributed by atoms with E-state index in [9.17, 15) is 9.59 Å². The van der Waals surface area contributed by atoms with Crippen LogP contribution in [0.25, 0.3) is 17.1 Å². The van der Waals surface area contributed by atoms with Crippen LogP contribution >= 0.6 is 11.3 Å². The maximum absolute atomic E-state index is 12.6. The van der Waals surface area contributed by atoms with Crippen LogP contribution in [0.2, 0.25) is 0 Å². The average Bonchev–Trinajstić information content (AvgIpc) is 3.21. The molecule has 0 unspecified atom stereocenters. The van der Waals surface area contributed by atoms with Crippen molar-refractivity contribution in [2.24, 2.45) is 0 Å². The summed E-state index contributed by atoms with van der Waals surface area (Å²) in [6, 6.07) is 23.2. The molecule has 0 fully saturated rings. The lowest BCUT2D eigenvalue weighted by atomic mass is 10.1. The molecular formula is C25H23N3O2S. The van der Waals surface area contributed by atoms with Gasteiger partial charge in [0.2, 0.25) is 0 Å².